The first kappa shape index (κ1) is 14.4. The van der Waals surface area contributed by atoms with Gasteiger partial charge in [0.2, 0.25) is 0 Å². The van der Waals surface area contributed by atoms with E-state index in [1.807, 2.05) is 24.4 Å². The molecule has 112 valence electrons. The standard InChI is InChI=1S/C19H21N3/c1-15(2)22-14-17(18-10-6-7-11-19(18)22)13-21-20-12-16-8-4-3-5-9-16/h3-11,13-15,20H,12H2,1-2H3. The Bertz CT molecular complexity index is 770. The van der Waals surface area contributed by atoms with Crippen LogP contribution in [0.5, 0.6) is 0 Å². The first-order valence-corrected chi connectivity index (χ1v) is 7.65. The van der Waals surface area contributed by atoms with Gasteiger partial charge in [0.15, 0.2) is 0 Å². The van der Waals surface area contributed by atoms with E-state index in [2.05, 4.69) is 71.5 Å². The monoisotopic (exact) mass is 291 g/mol. The molecule has 0 spiro atoms. The van der Waals surface area contributed by atoms with Gasteiger partial charge in [-0.25, -0.2) is 0 Å². The minimum Gasteiger partial charge on any atom is -0.344 e. The van der Waals surface area contributed by atoms with Gasteiger partial charge in [0.05, 0.1) is 12.8 Å². The van der Waals surface area contributed by atoms with Crippen LogP contribution in [0, 0.1) is 0 Å². The molecular weight excluding hydrogens is 270 g/mol. The summed E-state index contributed by atoms with van der Waals surface area (Å²) in [4.78, 5) is 0. The van der Waals surface area contributed by atoms with Crippen LogP contribution in [0.4, 0.5) is 0 Å². The van der Waals surface area contributed by atoms with E-state index in [0.29, 0.717) is 6.04 Å². The highest BCUT2D eigenvalue weighted by Crippen LogP contribution is 2.23. The summed E-state index contributed by atoms with van der Waals surface area (Å²) >= 11 is 0. The summed E-state index contributed by atoms with van der Waals surface area (Å²) in [7, 11) is 0. The van der Waals surface area contributed by atoms with Crippen LogP contribution in [0.2, 0.25) is 0 Å². The summed E-state index contributed by atoms with van der Waals surface area (Å²) in [5.41, 5.74) is 6.73. The number of para-hydroxylation sites is 1. The fourth-order valence-corrected chi connectivity index (χ4v) is 2.61. The van der Waals surface area contributed by atoms with Gasteiger partial charge in [0, 0.05) is 28.7 Å². The van der Waals surface area contributed by atoms with Gasteiger partial charge in [-0.05, 0) is 25.5 Å². The van der Waals surface area contributed by atoms with Gasteiger partial charge in [-0.15, -0.1) is 0 Å². The lowest BCUT2D eigenvalue weighted by Crippen LogP contribution is -2.05. The minimum absolute atomic E-state index is 0.435. The molecule has 0 fully saturated rings. The van der Waals surface area contributed by atoms with E-state index in [9.17, 15) is 0 Å². The lowest BCUT2D eigenvalue weighted by molar-refractivity contribution is 0.622. The number of hydrazone groups is 1. The Morgan fingerprint density at radius 1 is 1.05 bits per heavy atom. The van der Waals surface area contributed by atoms with Crippen LogP contribution in [-0.4, -0.2) is 10.8 Å². The lowest BCUT2D eigenvalue weighted by atomic mass is 10.2. The maximum Gasteiger partial charge on any atom is 0.0580 e. The Morgan fingerprint density at radius 2 is 1.77 bits per heavy atom. The number of hydrogen-bond acceptors (Lipinski definition) is 2. The first-order valence-electron chi connectivity index (χ1n) is 7.65. The van der Waals surface area contributed by atoms with E-state index in [1.165, 1.54) is 16.5 Å². The van der Waals surface area contributed by atoms with E-state index in [-0.39, 0.29) is 0 Å². The molecule has 0 amide bonds. The lowest BCUT2D eigenvalue weighted by Gasteiger charge is -2.08. The fourth-order valence-electron chi connectivity index (χ4n) is 2.61. The van der Waals surface area contributed by atoms with Crippen LogP contribution >= 0.6 is 0 Å². The summed E-state index contributed by atoms with van der Waals surface area (Å²) in [6.45, 7) is 5.13. The van der Waals surface area contributed by atoms with Crippen molar-refractivity contribution in [1.82, 2.24) is 9.99 Å². The molecule has 3 nitrogen and oxygen atoms in total. The maximum absolute atomic E-state index is 4.37. The summed E-state index contributed by atoms with van der Waals surface area (Å²) < 4.78 is 2.29. The van der Waals surface area contributed by atoms with Gasteiger partial charge in [-0.1, -0.05) is 48.5 Å². The molecular formula is C19H21N3. The molecule has 1 heterocycles. The molecule has 0 radical (unpaired) electrons. The molecule has 0 aliphatic rings. The van der Waals surface area contributed by atoms with E-state index in [0.717, 1.165) is 12.1 Å². The second-order valence-electron chi connectivity index (χ2n) is 5.68. The highest BCUT2D eigenvalue weighted by molar-refractivity contribution is 5.99. The predicted octanol–water partition coefficient (Wildman–Crippen LogP) is 4.35. The van der Waals surface area contributed by atoms with Crippen LogP contribution in [0.3, 0.4) is 0 Å². The van der Waals surface area contributed by atoms with Gasteiger partial charge < -0.3 is 9.99 Å². The van der Waals surface area contributed by atoms with Crippen LogP contribution in [0.1, 0.15) is 31.0 Å². The number of fused-ring (bicyclic) bond motifs is 1. The minimum atomic E-state index is 0.435. The van der Waals surface area contributed by atoms with Crippen molar-refractivity contribution in [3.63, 3.8) is 0 Å². The molecule has 0 aliphatic carbocycles. The maximum atomic E-state index is 4.37. The molecule has 1 aromatic heterocycles. The molecule has 3 rings (SSSR count). The van der Waals surface area contributed by atoms with Crippen molar-refractivity contribution in [3.05, 3.63) is 71.9 Å². The zero-order chi connectivity index (χ0) is 15.4. The molecule has 0 saturated carbocycles. The molecule has 1 N–H and O–H groups in total. The Labute approximate surface area is 131 Å². The number of benzene rings is 2. The molecule has 0 saturated heterocycles. The Kier molecular flexibility index (Phi) is 4.24. The number of nitrogens with zero attached hydrogens (tertiary/aromatic N) is 2. The van der Waals surface area contributed by atoms with Crippen molar-refractivity contribution >= 4 is 17.1 Å². The summed E-state index contributed by atoms with van der Waals surface area (Å²) in [6.07, 6.45) is 4.08. The molecule has 0 aliphatic heterocycles. The second kappa shape index (κ2) is 6.48. The van der Waals surface area contributed by atoms with Crippen LogP contribution in [0.15, 0.2) is 65.9 Å². The molecule has 3 aromatic rings. The quantitative estimate of drug-likeness (QED) is 0.549. The molecule has 0 unspecified atom stereocenters. The first-order chi connectivity index (χ1) is 10.8. The smallest absolute Gasteiger partial charge is 0.0580 e. The summed E-state index contributed by atoms with van der Waals surface area (Å²) in [5.74, 6) is 0. The second-order valence-corrected chi connectivity index (χ2v) is 5.68. The van der Waals surface area contributed by atoms with E-state index in [4.69, 9.17) is 0 Å². The van der Waals surface area contributed by atoms with Crippen molar-refractivity contribution in [2.24, 2.45) is 5.10 Å². The summed E-state index contributed by atoms with van der Waals surface area (Å²) in [6, 6.07) is 19.2. The van der Waals surface area contributed by atoms with E-state index >= 15 is 0 Å². The normalized spacial score (nSPS) is 11.6. The van der Waals surface area contributed by atoms with Crippen molar-refractivity contribution in [2.45, 2.75) is 26.4 Å². The topological polar surface area (TPSA) is 29.3 Å². The van der Waals surface area contributed by atoms with Crippen molar-refractivity contribution < 1.29 is 0 Å². The van der Waals surface area contributed by atoms with Gasteiger partial charge in [-0.3, -0.25) is 0 Å². The van der Waals surface area contributed by atoms with E-state index in [1.54, 1.807) is 0 Å². The highest BCUT2D eigenvalue weighted by Gasteiger charge is 2.08. The van der Waals surface area contributed by atoms with Gasteiger partial charge in [0.25, 0.3) is 0 Å². The third-order valence-corrected chi connectivity index (χ3v) is 3.75. The highest BCUT2D eigenvalue weighted by atomic mass is 15.3. The average molecular weight is 291 g/mol. The number of hydrogen-bond donors (Lipinski definition) is 1. The largest absolute Gasteiger partial charge is 0.344 e. The van der Waals surface area contributed by atoms with Crippen molar-refractivity contribution in [3.8, 4) is 0 Å². The van der Waals surface area contributed by atoms with Crippen molar-refractivity contribution in [2.75, 3.05) is 0 Å². The number of aromatic nitrogens is 1. The molecule has 0 atom stereocenters. The number of rotatable bonds is 5. The Balaban J connectivity index is 1.77. The zero-order valence-corrected chi connectivity index (χ0v) is 13.0. The third kappa shape index (κ3) is 3.03. The summed E-state index contributed by atoms with van der Waals surface area (Å²) in [5, 5.41) is 5.61. The van der Waals surface area contributed by atoms with Crippen LogP contribution in [-0.2, 0) is 6.54 Å². The van der Waals surface area contributed by atoms with Crippen LogP contribution in [0.25, 0.3) is 10.9 Å². The average Bonchev–Trinajstić information content (AvgIpc) is 2.92. The zero-order valence-electron chi connectivity index (χ0n) is 13.0. The van der Waals surface area contributed by atoms with Gasteiger partial charge in [0.1, 0.15) is 0 Å². The predicted molar refractivity (Wildman–Crippen MR) is 93.2 cm³/mol. The molecule has 2 aromatic carbocycles. The van der Waals surface area contributed by atoms with Gasteiger partial charge in [-0.2, -0.15) is 5.10 Å². The van der Waals surface area contributed by atoms with Crippen LogP contribution < -0.4 is 5.43 Å². The Morgan fingerprint density at radius 3 is 2.55 bits per heavy atom. The molecule has 3 heteroatoms. The SMILES string of the molecule is CC(C)n1cc(C=NNCc2ccccc2)c2ccccc21. The van der Waals surface area contributed by atoms with Crippen molar-refractivity contribution in [1.29, 1.82) is 0 Å². The fraction of sp³-hybridized carbons (Fsp3) is 0.211. The van der Waals surface area contributed by atoms with E-state index < -0.39 is 0 Å². The number of nitrogens with one attached hydrogen (secondary N) is 1. The Hall–Kier alpha value is -2.55. The third-order valence-electron chi connectivity index (χ3n) is 3.75. The molecule has 22 heavy (non-hydrogen) atoms. The van der Waals surface area contributed by atoms with Gasteiger partial charge >= 0.3 is 0 Å². The molecule has 0 bridgehead atoms.